The molecule has 0 aromatic carbocycles. The minimum Gasteiger partial charge on any atom is -0.480 e. The number of carbonyl (C=O) groups is 3. The molecular weight excluding hydrogens is 252 g/mol. The number of nitrogens with one attached hydrogen (secondary N) is 1. The van der Waals surface area contributed by atoms with Gasteiger partial charge in [0.25, 0.3) is 0 Å². The number of carbonyl (C=O) groups excluding carboxylic acids is 2. The van der Waals surface area contributed by atoms with E-state index in [1.807, 2.05) is 6.92 Å². The number of hydrogen-bond donors (Lipinski definition) is 2. The summed E-state index contributed by atoms with van der Waals surface area (Å²) in [5.74, 6) is -1.28. The first-order valence-electron chi connectivity index (χ1n) is 6.38. The zero-order valence-electron chi connectivity index (χ0n) is 11.2. The average Bonchev–Trinajstić information content (AvgIpc) is 2.36. The SMILES string of the molecule is CCOC(=O)CNC(=O)N1CCC(C)CC1C(=O)O. The van der Waals surface area contributed by atoms with Crippen molar-refractivity contribution in [1.29, 1.82) is 0 Å². The van der Waals surface area contributed by atoms with Gasteiger partial charge in [0.2, 0.25) is 0 Å². The first kappa shape index (κ1) is 15.3. The van der Waals surface area contributed by atoms with Gasteiger partial charge in [-0.3, -0.25) is 4.79 Å². The first-order valence-corrected chi connectivity index (χ1v) is 6.38. The molecule has 2 atom stereocenters. The molecule has 0 bridgehead atoms. The van der Waals surface area contributed by atoms with E-state index in [0.717, 1.165) is 6.42 Å². The molecule has 1 rings (SSSR count). The molecule has 2 N–H and O–H groups in total. The Labute approximate surface area is 111 Å². The number of likely N-dealkylation sites (tertiary alicyclic amines) is 1. The van der Waals surface area contributed by atoms with Crippen molar-refractivity contribution in [2.24, 2.45) is 5.92 Å². The fourth-order valence-electron chi connectivity index (χ4n) is 2.08. The number of urea groups is 1. The normalized spacial score (nSPS) is 22.7. The number of carboxylic acid groups (broad SMARTS) is 1. The number of carboxylic acids is 1. The number of nitrogens with zero attached hydrogens (tertiary/aromatic N) is 1. The van der Waals surface area contributed by atoms with Crippen molar-refractivity contribution in [3.05, 3.63) is 0 Å². The molecule has 19 heavy (non-hydrogen) atoms. The fourth-order valence-corrected chi connectivity index (χ4v) is 2.08. The zero-order valence-corrected chi connectivity index (χ0v) is 11.2. The van der Waals surface area contributed by atoms with E-state index in [2.05, 4.69) is 10.1 Å². The van der Waals surface area contributed by atoms with Crippen LogP contribution in [0.5, 0.6) is 0 Å². The Kier molecular flexibility index (Phi) is 5.59. The number of esters is 1. The zero-order chi connectivity index (χ0) is 14.4. The van der Waals surface area contributed by atoms with Crippen molar-refractivity contribution >= 4 is 18.0 Å². The molecule has 0 spiro atoms. The van der Waals surface area contributed by atoms with Gasteiger partial charge < -0.3 is 20.1 Å². The van der Waals surface area contributed by atoms with Crippen molar-refractivity contribution in [3.63, 3.8) is 0 Å². The van der Waals surface area contributed by atoms with Gasteiger partial charge in [-0.1, -0.05) is 6.92 Å². The summed E-state index contributed by atoms with van der Waals surface area (Å²) in [7, 11) is 0. The Balaban J connectivity index is 2.54. The van der Waals surface area contributed by atoms with E-state index in [9.17, 15) is 14.4 Å². The highest BCUT2D eigenvalue weighted by atomic mass is 16.5. The molecule has 1 fully saturated rings. The summed E-state index contributed by atoms with van der Waals surface area (Å²) < 4.78 is 4.68. The van der Waals surface area contributed by atoms with Gasteiger partial charge in [0.1, 0.15) is 12.6 Å². The number of hydrogen-bond acceptors (Lipinski definition) is 4. The number of rotatable bonds is 4. The lowest BCUT2D eigenvalue weighted by Crippen LogP contribution is -2.54. The molecule has 108 valence electrons. The molecule has 0 aliphatic carbocycles. The summed E-state index contributed by atoms with van der Waals surface area (Å²) in [6.45, 7) is 4.02. The summed E-state index contributed by atoms with van der Waals surface area (Å²) >= 11 is 0. The molecule has 2 amide bonds. The van der Waals surface area contributed by atoms with Crippen LogP contribution in [0.1, 0.15) is 26.7 Å². The lowest BCUT2D eigenvalue weighted by Gasteiger charge is -2.35. The van der Waals surface area contributed by atoms with Crippen LogP contribution < -0.4 is 5.32 Å². The average molecular weight is 272 g/mol. The Bertz CT molecular complexity index is 358. The predicted molar refractivity (Wildman–Crippen MR) is 66.6 cm³/mol. The largest absolute Gasteiger partial charge is 0.480 e. The molecule has 1 saturated heterocycles. The topological polar surface area (TPSA) is 95.9 Å². The number of aliphatic carboxylic acids is 1. The minimum atomic E-state index is -1.02. The van der Waals surface area contributed by atoms with Crippen molar-refractivity contribution in [2.45, 2.75) is 32.7 Å². The van der Waals surface area contributed by atoms with E-state index in [4.69, 9.17) is 5.11 Å². The van der Waals surface area contributed by atoms with Crippen molar-refractivity contribution in [2.75, 3.05) is 19.7 Å². The summed E-state index contributed by atoms with van der Waals surface area (Å²) in [6.07, 6.45) is 1.19. The van der Waals surface area contributed by atoms with E-state index in [1.54, 1.807) is 6.92 Å². The highest BCUT2D eigenvalue weighted by Crippen LogP contribution is 2.22. The van der Waals surface area contributed by atoms with Crippen LogP contribution in [0.2, 0.25) is 0 Å². The second kappa shape index (κ2) is 6.96. The van der Waals surface area contributed by atoms with Gasteiger partial charge in [-0.15, -0.1) is 0 Å². The van der Waals surface area contributed by atoms with E-state index >= 15 is 0 Å². The van der Waals surface area contributed by atoms with Gasteiger partial charge >= 0.3 is 18.0 Å². The molecule has 0 aromatic rings. The van der Waals surface area contributed by atoms with E-state index in [0.29, 0.717) is 13.0 Å². The number of amides is 2. The molecule has 7 nitrogen and oxygen atoms in total. The molecule has 1 heterocycles. The molecule has 0 aromatic heterocycles. The molecule has 0 radical (unpaired) electrons. The maximum absolute atomic E-state index is 11.9. The second-order valence-electron chi connectivity index (χ2n) is 4.64. The molecule has 1 aliphatic heterocycles. The van der Waals surface area contributed by atoms with E-state index < -0.39 is 24.0 Å². The van der Waals surface area contributed by atoms with E-state index in [1.165, 1.54) is 4.90 Å². The fraction of sp³-hybridized carbons (Fsp3) is 0.750. The Hall–Kier alpha value is -1.79. The first-order chi connectivity index (χ1) is 8.95. The summed E-state index contributed by atoms with van der Waals surface area (Å²) in [6, 6.07) is -1.36. The predicted octanol–water partition coefficient (Wildman–Crippen LogP) is 0.444. The van der Waals surface area contributed by atoms with Crippen LogP contribution in [0.25, 0.3) is 0 Å². The van der Waals surface area contributed by atoms with Crippen LogP contribution in [0.15, 0.2) is 0 Å². The molecule has 0 saturated carbocycles. The third-order valence-electron chi connectivity index (χ3n) is 3.10. The Morgan fingerprint density at radius 3 is 2.68 bits per heavy atom. The number of piperidine rings is 1. The summed E-state index contributed by atoms with van der Waals surface area (Å²) in [5, 5.41) is 11.5. The van der Waals surface area contributed by atoms with Gasteiger partial charge in [-0.25, -0.2) is 9.59 Å². The molecular formula is C12H20N2O5. The highest BCUT2D eigenvalue weighted by Gasteiger charge is 2.34. The standard InChI is InChI=1S/C12H20N2O5/c1-3-19-10(15)7-13-12(18)14-5-4-8(2)6-9(14)11(16)17/h8-9H,3-7H2,1-2H3,(H,13,18)(H,16,17). The third-order valence-corrected chi connectivity index (χ3v) is 3.10. The van der Waals surface area contributed by atoms with Crippen LogP contribution in [0.3, 0.4) is 0 Å². The summed E-state index contributed by atoms with van der Waals surface area (Å²) in [4.78, 5) is 35.4. The van der Waals surface area contributed by atoms with Crippen LogP contribution in [0, 0.1) is 5.92 Å². The monoisotopic (exact) mass is 272 g/mol. The highest BCUT2D eigenvalue weighted by molar-refractivity contribution is 5.85. The lowest BCUT2D eigenvalue weighted by atomic mass is 9.93. The van der Waals surface area contributed by atoms with Gasteiger partial charge in [0.15, 0.2) is 0 Å². The maximum Gasteiger partial charge on any atom is 0.326 e. The smallest absolute Gasteiger partial charge is 0.326 e. The van der Waals surface area contributed by atoms with Crippen molar-refractivity contribution < 1.29 is 24.2 Å². The lowest BCUT2D eigenvalue weighted by molar-refractivity contribution is -0.143. The molecule has 1 aliphatic rings. The second-order valence-corrected chi connectivity index (χ2v) is 4.64. The van der Waals surface area contributed by atoms with Crippen LogP contribution in [-0.4, -0.2) is 53.7 Å². The molecule has 7 heteroatoms. The van der Waals surface area contributed by atoms with Crippen molar-refractivity contribution in [3.8, 4) is 0 Å². The molecule has 2 unspecified atom stereocenters. The summed E-state index contributed by atoms with van der Waals surface area (Å²) in [5.41, 5.74) is 0. The van der Waals surface area contributed by atoms with Gasteiger partial charge in [0, 0.05) is 6.54 Å². The van der Waals surface area contributed by atoms with Gasteiger partial charge in [0.05, 0.1) is 6.61 Å². The van der Waals surface area contributed by atoms with Crippen LogP contribution in [0.4, 0.5) is 4.79 Å². The Morgan fingerprint density at radius 2 is 2.11 bits per heavy atom. The number of ether oxygens (including phenoxy) is 1. The van der Waals surface area contributed by atoms with Crippen LogP contribution in [-0.2, 0) is 14.3 Å². The van der Waals surface area contributed by atoms with Crippen LogP contribution >= 0.6 is 0 Å². The minimum absolute atomic E-state index is 0.244. The van der Waals surface area contributed by atoms with Crippen molar-refractivity contribution in [1.82, 2.24) is 10.2 Å². The van der Waals surface area contributed by atoms with Gasteiger partial charge in [-0.2, -0.15) is 0 Å². The van der Waals surface area contributed by atoms with Gasteiger partial charge in [-0.05, 0) is 25.7 Å². The third kappa shape index (κ3) is 4.42. The van der Waals surface area contributed by atoms with E-state index in [-0.39, 0.29) is 19.1 Å². The maximum atomic E-state index is 11.9. The Morgan fingerprint density at radius 1 is 1.42 bits per heavy atom. The quantitative estimate of drug-likeness (QED) is 0.724.